The van der Waals surface area contributed by atoms with Gasteiger partial charge in [-0.05, 0) is 51.3 Å². The summed E-state index contributed by atoms with van der Waals surface area (Å²) in [5.74, 6) is 1.02. The summed E-state index contributed by atoms with van der Waals surface area (Å²) in [6.07, 6.45) is 6.95. The quantitative estimate of drug-likeness (QED) is 0.850. The lowest BCUT2D eigenvalue weighted by Crippen LogP contribution is -2.35. The molecule has 0 saturated carbocycles. The van der Waals surface area contributed by atoms with Crippen LogP contribution in [0.3, 0.4) is 0 Å². The predicted octanol–water partition coefficient (Wildman–Crippen LogP) is 1.84. The molecule has 0 aliphatic carbocycles. The minimum absolute atomic E-state index is 0. The molecule has 0 bridgehead atoms. The molecule has 8 heteroatoms. The molecule has 1 atom stereocenters. The van der Waals surface area contributed by atoms with Gasteiger partial charge in [-0.1, -0.05) is 5.21 Å². The van der Waals surface area contributed by atoms with E-state index in [0.717, 1.165) is 38.1 Å². The van der Waals surface area contributed by atoms with Gasteiger partial charge in [-0.2, -0.15) is 11.8 Å². The standard InChI is InChI=1S/C14H25N5OS.ClH/c1-11(6-9-21-3)18(2)14(20)13-10-19(17-16-13)12-4-7-15-8-5-12;/h10-12,15H,4-9H2,1-3H3;1H. The van der Waals surface area contributed by atoms with Crippen LogP contribution in [0.25, 0.3) is 0 Å². The van der Waals surface area contributed by atoms with Crippen molar-refractivity contribution >= 4 is 30.1 Å². The Bertz CT molecular complexity index is 464. The van der Waals surface area contributed by atoms with E-state index in [1.54, 1.807) is 22.9 Å². The van der Waals surface area contributed by atoms with Crippen LogP contribution in [-0.4, -0.2) is 64.0 Å². The number of hydrogen-bond acceptors (Lipinski definition) is 5. The summed E-state index contributed by atoms with van der Waals surface area (Å²) in [6.45, 7) is 4.07. The van der Waals surface area contributed by atoms with E-state index in [2.05, 4.69) is 28.8 Å². The minimum Gasteiger partial charge on any atom is -0.338 e. The van der Waals surface area contributed by atoms with Gasteiger partial charge in [-0.25, -0.2) is 4.68 Å². The van der Waals surface area contributed by atoms with Crippen molar-refractivity contribution < 1.29 is 4.79 Å². The summed E-state index contributed by atoms with van der Waals surface area (Å²) in [4.78, 5) is 14.2. The molecular weight excluding hydrogens is 322 g/mol. The van der Waals surface area contributed by atoms with Gasteiger partial charge in [0.1, 0.15) is 0 Å². The van der Waals surface area contributed by atoms with E-state index < -0.39 is 0 Å². The van der Waals surface area contributed by atoms with Gasteiger partial charge in [0.2, 0.25) is 0 Å². The highest BCUT2D eigenvalue weighted by molar-refractivity contribution is 7.98. The van der Waals surface area contributed by atoms with E-state index >= 15 is 0 Å². The molecule has 0 aromatic carbocycles. The number of carbonyl (C=O) groups excluding carboxylic acids is 1. The number of rotatable bonds is 6. The number of carbonyl (C=O) groups is 1. The maximum absolute atomic E-state index is 12.4. The van der Waals surface area contributed by atoms with Crippen molar-refractivity contribution in [2.45, 2.75) is 38.3 Å². The smallest absolute Gasteiger partial charge is 0.276 e. The van der Waals surface area contributed by atoms with E-state index in [1.165, 1.54) is 0 Å². The monoisotopic (exact) mass is 347 g/mol. The summed E-state index contributed by atoms with van der Waals surface area (Å²) in [5.41, 5.74) is 0.451. The fraction of sp³-hybridized carbons (Fsp3) is 0.786. The first kappa shape index (κ1) is 19.3. The molecule has 22 heavy (non-hydrogen) atoms. The van der Waals surface area contributed by atoms with E-state index in [0.29, 0.717) is 11.7 Å². The van der Waals surface area contributed by atoms with Crippen LogP contribution >= 0.6 is 24.2 Å². The third-order valence-electron chi connectivity index (χ3n) is 4.13. The Morgan fingerprint density at radius 3 is 2.86 bits per heavy atom. The Balaban J connectivity index is 0.00000242. The van der Waals surface area contributed by atoms with Crippen molar-refractivity contribution in [1.82, 2.24) is 25.2 Å². The zero-order chi connectivity index (χ0) is 15.2. The zero-order valence-corrected chi connectivity index (χ0v) is 15.1. The number of nitrogens with zero attached hydrogens (tertiary/aromatic N) is 4. The van der Waals surface area contributed by atoms with E-state index in [4.69, 9.17) is 0 Å². The molecule has 1 fully saturated rings. The van der Waals surface area contributed by atoms with Gasteiger partial charge in [0.05, 0.1) is 12.2 Å². The highest BCUT2D eigenvalue weighted by Gasteiger charge is 2.22. The molecule has 1 amide bonds. The predicted molar refractivity (Wildman–Crippen MR) is 93.0 cm³/mol. The van der Waals surface area contributed by atoms with E-state index in [9.17, 15) is 4.79 Å². The summed E-state index contributed by atoms with van der Waals surface area (Å²) < 4.78 is 1.86. The van der Waals surface area contributed by atoms with Gasteiger partial charge in [-0.3, -0.25) is 4.79 Å². The molecule has 1 N–H and O–H groups in total. The van der Waals surface area contributed by atoms with Crippen LogP contribution in [-0.2, 0) is 0 Å². The lowest BCUT2D eigenvalue weighted by Gasteiger charge is -2.24. The van der Waals surface area contributed by atoms with Crippen LogP contribution in [0.1, 0.15) is 42.7 Å². The third-order valence-corrected chi connectivity index (χ3v) is 4.78. The van der Waals surface area contributed by atoms with Crippen molar-refractivity contribution in [3.05, 3.63) is 11.9 Å². The maximum atomic E-state index is 12.4. The van der Waals surface area contributed by atoms with Crippen molar-refractivity contribution in [3.63, 3.8) is 0 Å². The largest absolute Gasteiger partial charge is 0.338 e. The minimum atomic E-state index is -0.0382. The van der Waals surface area contributed by atoms with Gasteiger partial charge >= 0.3 is 0 Å². The molecule has 0 radical (unpaired) electrons. The summed E-state index contributed by atoms with van der Waals surface area (Å²) in [6, 6.07) is 0.577. The zero-order valence-electron chi connectivity index (χ0n) is 13.5. The van der Waals surface area contributed by atoms with Gasteiger partial charge in [0.25, 0.3) is 5.91 Å². The topological polar surface area (TPSA) is 63.1 Å². The van der Waals surface area contributed by atoms with Crippen LogP contribution < -0.4 is 5.32 Å². The van der Waals surface area contributed by atoms with Crippen LogP contribution in [0, 0.1) is 0 Å². The second-order valence-electron chi connectivity index (χ2n) is 5.61. The van der Waals surface area contributed by atoms with Gasteiger partial charge < -0.3 is 10.2 Å². The first-order valence-electron chi connectivity index (χ1n) is 7.52. The van der Waals surface area contributed by atoms with Gasteiger partial charge in [-0.15, -0.1) is 17.5 Å². The molecule has 0 spiro atoms. The fourth-order valence-corrected chi connectivity index (χ4v) is 3.06. The van der Waals surface area contributed by atoms with Gasteiger partial charge in [0.15, 0.2) is 5.69 Å². The molecule has 2 heterocycles. The summed E-state index contributed by atoms with van der Waals surface area (Å²) >= 11 is 1.80. The molecule has 2 rings (SSSR count). The number of nitrogens with one attached hydrogen (secondary N) is 1. The van der Waals surface area contributed by atoms with Crippen molar-refractivity contribution in [2.75, 3.05) is 32.1 Å². The molecular formula is C14H26ClN5OS. The highest BCUT2D eigenvalue weighted by Crippen LogP contribution is 2.18. The molecule has 6 nitrogen and oxygen atoms in total. The SMILES string of the molecule is CSCCC(C)N(C)C(=O)c1cn(C2CCNCC2)nn1.Cl. The molecule has 1 aliphatic heterocycles. The van der Waals surface area contributed by atoms with Gasteiger partial charge in [0, 0.05) is 13.1 Å². The molecule has 126 valence electrons. The summed E-state index contributed by atoms with van der Waals surface area (Å²) in [7, 11) is 1.84. The Morgan fingerprint density at radius 2 is 2.23 bits per heavy atom. The highest BCUT2D eigenvalue weighted by atomic mass is 35.5. The average Bonchev–Trinajstić information content (AvgIpc) is 3.02. The molecule has 1 saturated heterocycles. The first-order chi connectivity index (χ1) is 10.1. The second kappa shape index (κ2) is 9.37. The Labute approximate surface area is 142 Å². The molecule has 1 aromatic heterocycles. The fourth-order valence-electron chi connectivity index (χ4n) is 2.49. The number of amides is 1. The molecule has 1 aromatic rings. The lowest BCUT2D eigenvalue weighted by atomic mass is 10.1. The van der Waals surface area contributed by atoms with Crippen LogP contribution in [0.5, 0.6) is 0 Å². The van der Waals surface area contributed by atoms with Crippen molar-refractivity contribution in [2.24, 2.45) is 0 Å². The number of piperidine rings is 1. The maximum Gasteiger partial charge on any atom is 0.276 e. The number of hydrogen-bond donors (Lipinski definition) is 1. The molecule has 1 unspecified atom stereocenters. The molecule has 1 aliphatic rings. The summed E-state index contributed by atoms with van der Waals surface area (Å²) in [5, 5.41) is 11.6. The average molecular weight is 348 g/mol. The van der Waals surface area contributed by atoms with Crippen molar-refractivity contribution in [1.29, 1.82) is 0 Å². The second-order valence-corrected chi connectivity index (χ2v) is 6.60. The Morgan fingerprint density at radius 1 is 1.55 bits per heavy atom. The van der Waals surface area contributed by atoms with Crippen molar-refractivity contribution in [3.8, 4) is 0 Å². The number of halogens is 1. The van der Waals surface area contributed by atoms with E-state index in [-0.39, 0.29) is 24.4 Å². The Hall–Kier alpha value is -0.790. The van der Waals surface area contributed by atoms with E-state index in [1.807, 2.05) is 11.7 Å². The van der Waals surface area contributed by atoms with Crippen LogP contribution in [0.4, 0.5) is 0 Å². The van der Waals surface area contributed by atoms with Crippen LogP contribution in [0.15, 0.2) is 6.20 Å². The number of aromatic nitrogens is 3. The number of thioether (sulfide) groups is 1. The Kier molecular flexibility index (Phi) is 8.20. The lowest BCUT2D eigenvalue weighted by molar-refractivity contribution is 0.0735. The normalized spacial score (nSPS) is 16.9. The third kappa shape index (κ3) is 4.86. The van der Waals surface area contributed by atoms with Crippen LogP contribution in [0.2, 0.25) is 0 Å². The first-order valence-corrected chi connectivity index (χ1v) is 8.91.